The van der Waals surface area contributed by atoms with E-state index in [0.717, 1.165) is 0 Å². The summed E-state index contributed by atoms with van der Waals surface area (Å²) in [5, 5.41) is 11.2. The van der Waals surface area contributed by atoms with Crippen LogP contribution in [-0.2, 0) is 11.3 Å². The van der Waals surface area contributed by atoms with Crippen LogP contribution in [-0.4, -0.2) is 31.5 Å². The smallest absolute Gasteiger partial charge is 0.323 e. The van der Waals surface area contributed by atoms with Gasteiger partial charge in [-0.1, -0.05) is 0 Å². The Bertz CT molecular complexity index is 565. The molecule has 2 rings (SSSR count). The van der Waals surface area contributed by atoms with Gasteiger partial charge in [0.05, 0.1) is 0 Å². The number of carboxylic acids is 1. The number of hydrogen-bond donors (Lipinski definition) is 2. The van der Waals surface area contributed by atoms with Gasteiger partial charge < -0.3 is 9.67 Å². The van der Waals surface area contributed by atoms with Crippen LogP contribution < -0.4 is 5.32 Å². The molecule has 0 aliphatic carbocycles. The molecule has 0 aliphatic rings. The van der Waals surface area contributed by atoms with Crippen molar-refractivity contribution in [1.29, 1.82) is 0 Å². The maximum absolute atomic E-state index is 11.9. The minimum atomic E-state index is -1.02. The summed E-state index contributed by atoms with van der Waals surface area (Å²) in [4.78, 5) is 30.2. The van der Waals surface area contributed by atoms with Gasteiger partial charge in [0.1, 0.15) is 12.2 Å². The molecule has 2 heterocycles. The molecule has 0 aliphatic heterocycles. The summed E-state index contributed by atoms with van der Waals surface area (Å²) in [6, 6.07) is 4.76. The SMILES string of the molecule is O=C(O)Cn1cccc1C(=O)Nc1ncccn1. The predicted octanol–water partition coefficient (Wildman–Crippen LogP) is 0.615. The highest BCUT2D eigenvalue weighted by Crippen LogP contribution is 2.05. The van der Waals surface area contributed by atoms with Gasteiger partial charge in [-0.15, -0.1) is 0 Å². The summed E-state index contributed by atoms with van der Waals surface area (Å²) in [5.41, 5.74) is 0.241. The minimum absolute atomic E-state index is 0.172. The Hall–Kier alpha value is -2.70. The van der Waals surface area contributed by atoms with E-state index in [1.54, 1.807) is 12.1 Å². The lowest BCUT2D eigenvalue weighted by atomic mass is 10.4. The Morgan fingerprint density at radius 1 is 1.28 bits per heavy atom. The second-order valence-electron chi connectivity index (χ2n) is 3.44. The fourth-order valence-corrected chi connectivity index (χ4v) is 1.43. The van der Waals surface area contributed by atoms with E-state index in [9.17, 15) is 9.59 Å². The highest BCUT2D eigenvalue weighted by molar-refractivity contribution is 6.02. The lowest BCUT2D eigenvalue weighted by Crippen LogP contribution is -2.20. The monoisotopic (exact) mass is 246 g/mol. The molecule has 92 valence electrons. The molecule has 0 fully saturated rings. The predicted molar refractivity (Wildman–Crippen MR) is 62.1 cm³/mol. The molecule has 7 heteroatoms. The normalized spacial score (nSPS) is 10.0. The molecule has 2 aromatic rings. The molecule has 0 unspecified atom stereocenters. The Morgan fingerprint density at radius 3 is 2.67 bits per heavy atom. The first-order valence-corrected chi connectivity index (χ1v) is 5.12. The van der Waals surface area contributed by atoms with Crippen molar-refractivity contribution in [1.82, 2.24) is 14.5 Å². The van der Waals surface area contributed by atoms with Crippen LogP contribution in [0.2, 0.25) is 0 Å². The molecule has 18 heavy (non-hydrogen) atoms. The number of carbonyl (C=O) groups is 2. The Labute approximate surface area is 102 Å². The number of aromatic nitrogens is 3. The van der Waals surface area contributed by atoms with Crippen molar-refractivity contribution >= 4 is 17.8 Å². The summed E-state index contributed by atoms with van der Waals surface area (Å²) in [6.07, 6.45) is 4.52. The Kier molecular flexibility index (Phi) is 3.33. The maximum atomic E-state index is 11.9. The number of amides is 1. The molecule has 0 saturated heterocycles. The van der Waals surface area contributed by atoms with Gasteiger partial charge in [-0.05, 0) is 18.2 Å². The second kappa shape index (κ2) is 5.09. The molecule has 0 atom stereocenters. The lowest BCUT2D eigenvalue weighted by Gasteiger charge is -2.06. The van der Waals surface area contributed by atoms with Crippen molar-refractivity contribution in [2.24, 2.45) is 0 Å². The average Bonchev–Trinajstić information content (AvgIpc) is 2.77. The molecule has 0 bridgehead atoms. The van der Waals surface area contributed by atoms with E-state index >= 15 is 0 Å². The van der Waals surface area contributed by atoms with Gasteiger partial charge in [0.15, 0.2) is 0 Å². The number of carboxylic acid groups (broad SMARTS) is 1. The van der Waals surface area contributed by atoms with Crippen LogP contribution in [0.15, 0.2) is 36.8 Å². The largest absolute Gasteiger partial charge is 0.480 e. The molecule has 0 aromatic carbocycles. The van der Waals surface area contributed by atoms with E-state index in [4.69, 9.17) is 5.11 Å². The Morgan fingerprint density at radius 2 is 2.00 bits per heavy atom. The molecule has 0 spiro atoms. The number of nitrogens with zero attached hydrogens (tertiary/aromatic N) is 3. The van der Waals surface area contributed by atoms with Crippen LogP contribution in [0.1, 0.15) is 10.5 Å². The van der Waals surface area contributed by atoms with Crippen molar-refractivity contribution in [2.45, 2.75) is 6.54 Å². The quantitative estimate of drug-likeness (QED) is 0.824. The number of carbonyl (C=O) groups excluding carboxylic acids is 1. The van der Waals surface area contributed by atoms with Crippen molar-refractivity contribution in [3.63, 3.8) is 0 Å². The van der Waals surface area contributed by atoms with Crippen LogP contribution in [0.25, 0.3) is 0 Å². The highest BCUT2D eigenvalue weighted by atomic mass is 16.4. The topological polar surface area (TPSA) is 97.1 Å². The fraction of sp³-hybridized carbons (Fsp3) is 0.0909. The van der Waals surface area contributed by atoms with E-state index in [2.05, 4.69) is 15.3 Å². The summed E-state index contributed by atoms with van der Waals surface area (Å²) in [5.74, 6) is -1.30. The summed E-state index contributed by atoms with van der Waals surface area (Å²) in [6.45, 7) is -0.272. The average molecular weight is 246 g/mol. The molecule has 2 aromatic heterocycles. The lowest BCUT2D eigenvalue weighted by molar-refractivity contribution is -0.137. The van der Waals surface area contributed by atoms with E-state index in [1.807, 2.05) is 0 Å². The molecule has 2 N–H and O–H groups in total. The van der Waals surface area contributed by atoms with E-state index in [-0.39, 0.29) is 18.2 Å². The van der Waals surface area contributed by atoms with Crippen LogP contribution in [0, 0.1) is 0 Å². The zero-order valence-corrected chi connectivity index (χ0v) is 9.28. The molecular weight excluding hydrogens is 236 g/mol. The van der Waals surface area contributed by atoms with Crippen molar-refractivity contribution in [2.75, 3.05) is 5.32 Å². The zero-order chi connectivity index (χ0) is 13.0. The summed E-state index contributed by atoms with van der Waals surface area (Å²) < 4.78 is 1.33. The summed E-state index contributed by atoms with van der Waals surface area (Å²) >= 11 is 0. The van der Waals surface area contributed by atoms with Crippen LogP contribution in [0.4, 0.5) is 5.95 Å². The molecular formula is C11H10N4O3. The first-order valence-electron chi connectivity index (χ1n) is 5.12. The third kappa shape index (κ3) is 2.70. The molecule has 0 radical (unpaired) electrons. The molecule has 0 saturated carbocycles. The van der Waals surface area contributed by atoms with Crippen LogP contribution >= 0.6 is 0 Å². The van der Waals surface area contributed by atoms with Gasteiger partial charge in [-0.25, -0.2) is 9.97 Å². The fourth-order valence-electron chi connectivity index (χ4n) is 1.43. The van der Waals surface area contributed by atoms with Crippen LogP contribution in [0.3, 0.4) is 0 Å². The number of anilines is 1. The third-order valence-electron chi connectivity index (χ3n) is 2.16. The van der Waals surface area contributed by atoms with Gasteiger partial charge in [-0.3, -0.25) is 14.9 Å². The van der Waals surface area contributed by atoms with Gasteiger partial charge in [0.25, 0.3) is 5.91 Å². The first kappa shape index (κ1) is 11.8. The molecule has 1 amide bonds. The van der Waals surface area contributed by atoms with Gasteiger partial charge in [0.2, 0.25) is 5.95 Å². The van der Waals surface area contributed by atoms with Crippen molar-refractivity contribution in [3.05, 3.63) is 42.5 Å². The number of hydrogen-bond acceptors (Lipinski definition) is 4. The minimum Gasteiger partial charge on any atom is -0.480 e. The number of aliphatic carboxylic acids is 1. The maximum Gasteiger partial charge on any atom is 0.323 e. The van der Waals surface area contributed by atoms with Gasteiger partial charge >= 0.3 is 5.97 Å². The van der Waals surface area contributed by atoms with Crippen LogP contribution in [0.5, 0.6) is 0 Å². The number of nitrogens with one attached hydrogen (secondary N) is 1. The molecule has 7 nitrogen and oxygen atoms in total. The third-order valence-corrected chi connectivity index (χ3v) is 2.16. The summed E-state index contributed by atoms with van der Waals surface area (Å²) in [7, 11) is 0. The van der Waals surface area contributed by atoms with E-state index < -0.39 is 11.9 Å². The van der Waals surface area contributed by atoms with E-state index in [0.29, 0.717) is 0 Å². The van der Waals surface area contributed by atoms with Crippen molar-refractivity contribution in [3.8, 4) is 0 Å². The number of rotatable bonds is 4. The second-order valence-corrected chi connectivity index (χ2v) is 3.44. The van der Waals surface area contributed by atoms with Gasteiger partial charge in [-0.2, -0.15) is 0 Å². The van der Waals surface area contributed by atoms with Gasteiger partial charge in [0, 0.05) is 18.6 Å². The standard InChI is InChI=1S/C11H10N4O3/c16-9(17)7-15-6-1-3-8(15)10(18)14-11-12-4-2-5-13-11/h1-6H,7H2,(H,16,17)(H,12,13,14,18). The Balaban J connectivity index is 2.14. The van der Waals surface area contributed by atoms with Crippen molar-refractivity contribution < 1.29 is 14.7 Å². The highest BCUT2D eigenvalue weighted by Gasteiger charge is 2.13. The zero-order valence-electron chi connectivity index (χ0n) is 9.28. The first-order chi connectivity index (χ1) is 8.66. The van der Waals surface area contributed by atoms with E-state index in [1.165, 1.54) is 29.2 Å².